The van der Waals surface area contributed by atoms with Crippen molar-refractivity contribution in [3.63, 3.8) is 0 Å². The molecule has 0 spiro atoms. The number of halogens is 1. The molecule has 0 bridgehead atoms. The lowest BCUT2D eigenvalue weighted by atomic mass is 10.2. The third-order valence-corrected chi connectivity index (χ3v) is 4.28. The molecule has 0 saturated carbocycles. The molecular weight excluding hydrogens is 259 g/mol. The van der Waals surface area contributed by atoms with Crippen LogP contribution in [0.15, 0.2) is 23.1 Å². The number of hydrogen-bond donors (Lipinski definition) is 2. The average molecular weight is 274 g/mol. The van der Waals surface area contributed by atoms with Crippen LogP contribution in [0, 0.1) is 5.82 Å². The Morgan fingerprint density at radius 1 is 1.50 bits per heavy atom. The van der Waals surface area contributed by atoms with Crippen molar-refractivity contribution in [1.29, 1.82) is 0 Å². The zero-order valence-electron chi connectivity index (χ0n) is 9.73. The summed E-state index contributed by atoms with van der Waals surface area (Å²) in [4.78, 5) is -0.109. The maximum atomic E-state index is 12.9. The van der Waals surface area contributed by atoms with Crippen molar-refractivity contribution in [2.45, 2.75) is 23.8 Å². The van der Waals surface area contributed by atoms with E-state index in [9.17, 15) is 12.8 Å². The Labute approximate surface area is 105 Å². The van der Waals surface area contributed by atoms with Crippen LogP contribution >= 0.6 is 0 Å². The van der Waals surface area contributed by atoms with Crippen molar-refractivity contribution in [2.24, 2.45) is 0 Å². The van der Waals surface area contributed by atoms with E-state index < -0.39 is 15.8 Å². The van der Waals surface area contributed by atoms with Crippen LogP contribution in [-0.2, 0) is 14.8 Å². The van der Waals surface area contributed by atoms with Gasteiger partial charge in [-0.1, -0.05) is 0 Å². The Hall–Kier alpha value is -1.18. The highest BCUT2D eigenvalue weighted by Gasteiger charge is 2.21. The van der Waals surface area contributed by atoms with Crippen molar-refractivity contribution >= 4 is 15.7 Å². The molecule has 1 aliphatic heterocycles. The fraction of sp³-hybridized carbons (Fsp3) is 0.455. The molecule has 1 aromatic rings. The van der Waals surface area contributed by atoms with Crippen LogP contribution in [0.5, 0.6) is 0 Å². The lowest BCUT2D eigenvalue weighted by Gasteiger charge is -2.12. The minimum absolute atomic E-state index is 0.0959. The number of nitrogens with one attached hydrogen (secondary N) is 1. The van der Waals surface area contributed by atoms with Gasteiger partial charge < -0.3 is 10.5 Å². The molecule has 0 radical (unpaired) electrons. The first kappa shape index (κ1) is 13.3. The van der Waals surface area contributed by atoms with E-state index in [1.807, 2.05) is 0 Å². The highest BCUT2D eigenvalue weighted by Crippen LogP contribution is 2.19. The Balaban J connectivity index is 2.09. The van der Waals surface area contributed by atoms with Gasteiger partial charge in [0.2, 0.25) is 10.0 Å². The smallest absolute Gasteiger partial charge is 0.242 e. The van der Waals surface area contributed by atoms with Crippen LogP contribution in [0.2, 0.25) is 0 Å². The predicted octanol–water partition coefficient (Wildman–Crippen LogP) is 0.865. The van der Waals surface area contributed by atoms with Crippen molar-refractivity contribution in [3.8, 4) is 0 Å². The Morgan fingerprint density at radius 2 is 2.28 bits per heavy atom. The molecule has 100 valence electrons. The molecule has 0 aromatic heterocycles. The van der Waals surface area contributed by atoms with Gasteiger partial charge in [-0.3, -0.25) is 0 Å². The molecule has 3 N–H and O–H groups in total. The van der Waals surface area contributed by atoms with E-state index in [1.54, 1.807) is 0 Å². The number of hydrogen-bond acceptors (Lipinski definition) is 4. The van der Waals surface area contributed by atoms with Gasteiger partial charge in [0.25, 0.3) is 0 Å². The monoisotopic (exact) mass is 274 g/mol. The number of anilines is 1. The van der Waals surface area contributed by atoms with Crippen molar-refractivity contribution in [1.82, 2.24) is 4.72 Å². The Kier molecular flexibility index (Phi) is 3.84. The second-order valence-electron chi connectivity index (χ2n) is 4.17. The molecule has 7 heteroatoms. The molecule has 1 atom stereocenters. The first-order chi connectivity index (χ1) is 8.49. The number of benzene rings is 1. The minimum atomic E-state index is -3.72. The predicted molar refractivity (Wildman–Crippen MR) is 65.0 cm³/mol. The molecule has 1 unspecified atom stereocenters. The summed E-state index contributed by atoms with van der Waals surface area (Å²) in [6.07, 6.45) is 1.67. The molecule has 1 saturated heterocycles. The van der Waals surface area contributed by atoms with Gasteiger partial charge in [-0.25, -0.2) is 17.5 Å². The molecule has 1 aromatic carbocycles. The van der Waals surface area contributed by atoms with E-state index in [4.69, 9.17) is 10.5 Å². The topological polar surface area (TPSA) is 81.4 Å². The molecule has 5 nitrogen and oxygen atoms in total. The molecule has 1 heterocycles. The SMILES string of the molecule is Nc1cc(F)ccc1S(=O)(=O)NCC1CCCO1. The van der Waals surface area contributed by atoms with Gasteiger partial charge >= 0.3 is 0 Å². The minimum Gasteiger partial charge on any atom is -0.398 e. The molecule has 1 aliphatic rings. The first-order valence-electron chi connectivity index (χ1n) is 5.65. The molecular formula is C11H15FN2O3S. The van der Waals surface area contributed by atoms with E-state index in [2.05, 4.69) is 4.72 Å². The summed E-state index contributed by atoms with van der Waals surface area (Å²) >= 11 is 0. The summed E-state index contributed by atoms with van der Waals surface area (Å²) in [5.74, 6) is -0.564. The van der Waals surface area contributed by atoms with Crippen LogP contribution in [0.4, 0.5) is 10.1 Å². The van der Waals surface area contributed by atoms with Gasteiger partial charge in [0.15, 0.2) is 0 Å². The number of nitrogens with two attached hydrogens (primary N) is 1. The number of rotatable bonds is 4. The van der Waals surface area contributed by atoms with E-state index in [0.717, 1.165) is 31.0 Å². The molecule has 1 fully saturated rings. The highest BCUT2D eigenvalue weighted by atomic mass is 32.2. The van der Waals surface area contributed by atoms with Crippen LogP contribution < -0.4 is 10.5 Å². The second kappa shape index (κ2) is 5.21. The largest absolute Gasteiger partial charge is 0.398 e. The number of sulfonamides is 1. The molecule has 0 amide bonds. The zero-order chi connectivity index (χ0) is 13.2. The lowest BCUT2D eigenvalue weighted by Crippen LogP contribution is -2.32. The summed E-state index contributed by atoms with van der Waals surface area (Å²) in [7, 11) is -3.72. The zero-order valence-corrected chi connectivity index (χ0v) is 10.5. The lowest BCUT2D eigenvalue weighted by molar-refractivity contribution is 0.114. The standard InChI is InChI=1S/C11H15FN2O3S/c12-8-3-4-11(10(13)6-8)18(15,16)14-7-9-2-1-5-17-9/h3-4,6,9,14H,1-2,5,7,13H2. The van der Waals surface area contributed by atoms with E-state index >= 15 is 0 Å². The van der Waals surface area contributed by atoms with Gasteiger partial charge in [-0.05, 0) is 31.0 Å². The number of nitrogen functional groups attached to an aromatic ring is 1. The fourth-order valence-electron chi connectivity index (χ4n) is 1.85. The van der Waals surface area contributed by atoms with Crippen LogP contribution in [0.1, 0.15) is 12.8 Å². The Morgan fingerprint density at radius 3 is 2.89 bits per heavy atom. The third kappa shape index (κ3) is 2.98. The van der Waals surface area contributed by atoms with Crippen LogP contribution in [-0.4, -0.2) is 27.7 Å². The first-order valence-corrected chi connectivity index (χ1v) is 7.13. The van der Waals surface area contributed by atoms with E-state index in [0.29, 0.717) is 6.61 Å². The highest BCUT2D eigenvalue weighted by molar-refractivity contribution is 7.89. The fourth-order valence-corrected chi connectivity index (χ4v) is 3.03. The van der Waals surface area contributed by atoms with Crippen molar-refractivity contribution in [2.75, 3.05) is 18.9 Å². The number of ether oxygens (including phenoxy) is 1. The normalized spacial score (nSPS) is 20.2. The quantitative estimate of drug-likeness (QED) is 0.798. The van der Waals surface area contributed by atoms with Gasteiger partial charge in [-0.2, -0.15) is 0 Å². The summed E-state index contributed by atoms with van der Waals surface area (Å²) in [5, 5.41) is 0. The average Bonchev–Trinajstić information content (AvgIpc) is 2.78. The second-order valence-corrected chi connectivity index (χ2v) is 5.90. The van der Waals surface area contributed by atoms with Crippen LogP contribution in [0.3, 0.4) is 0 Å². The summed E-state index contributed by atoms with van der Waals surface area (Å²) in [5.41, 5.74) is 5.40. The van der Waals surface area contributed by atoms with Crippen molar-refractivity contribution in [3.05, 3.63) is 24.0 Å². The summed E-state index contributed by atoms with van der Waals surface area (Å²) < 4.78 is 44.5. The van der Waals surface area contributed by atoms with Crippen molar-refractivity contribution < 1.29 is 17.5 Å². The molecule has 2 rings (SSSR count). The van der Waals surface area contributed by atoms with Gasteiger partial charge in [0.05, 0.1) is 11.8 Å². The summed E-state index contributed by atoms with van der Waals surface area (Å²) in [6, 6.07) is 3.21. The van der Waals surface area contributed by atoms with Gasteiger partial charge in [0, 0.05) is 13.2 Å². The van der Waals surface area contributed by atoms with Gasteiger partial charge in [0.1, 0.15) is 10.7 Å². The van der Waals surface area contributed by atoms with E-state index in [1.165, 1.54) is 0 Å². The van der Waals surface area contributed by atoms with Crippen LogP contribution in [0.25, 0.3) is 0 Å². The molecule has 0 aliphatic carbocycles. The summed E-state index contributed by atoms with van der Waals surface area (Å²) in [6.45, 7) is 0.865. The molecule has 18 heavy (non-hydrogen) atoms. The Bertz CT molecular complexity index is 527. The maximum Gasteiger partial charge on any atom is 0.242 e. The van der Waals surface area contributed by atoms with E-state index in [-0.39, 0.29) is 23.2 Å². The third-order valence-electron chi connectivity index (χ3n) is 2.79. The van der Waals surface area contributed by atoms with Gasteiger partial charge in [-0.15, -0.1) is 0 Å². The maximum absolute atomic E-state index is 12.9.